The van der Waals surface area contributed by atoms with Crippen LogP contribution in [0.5, 0.6) is 0 Å². The largest absolute Gasteiger partial charge is 0.491 e. The normalized spacial score (nSPS) is 16.2. The van der Waals surface area contributed by atoms with Crippen molar-refractivity contribution in [2.45, 2.75) is 71.4 Å². The Kier molecular flexibility index (Phi) is 8.17. The summed E-state index contributed by atoms with van der Waals surface area (Å²) in [4.78, 5) is 11.9. The first-order valence-electron chi connectivity index (χ1n) is 8.48. The van der Waals surface area contributed by atoms with Crippen molar-refractivity contribution in [1.82, 2.24) is 5.32 Å². The maximum Gasteiger partial charge on any atom is 0.407 e. The zero-order chi connectivity index (χ0) is 17.3. The molecular formula is C18H31NO4. The van der Waals surface area contributed by atoms with Gasteiger partial charge in [-0.05, 0) is 64.5 Å². The van der Waals surface area contributed by atoms with Gasteiger partial charge in [0.2, 0.25) is 0 Å². The van der Waals surface area contributed by atoms with Gasteiger partial charge in [0.15, 0.2) is 0 Å². The fourth-order valence-corrected chi connectivity index (χ4v) is 2.42. The third-order valence-corrected chi connectivity index (χ3v) is 3.53. The molecule has 0 aliphatic heterocycles. The van der Waals surface area contributed by atoms with Crippen molar-refractivity contribution < 1.29 is 19.4 Å². The number of carbonyl (C=O) groups excluding carboxylic acids is 1. The van der Waals surface area contributed by atoms with Crippen LogP contribution in [0.1, 0.15) is 59.8 Å². The van der Waals surface area contributed by atoms with E-state index in [2.05, 4.69) is 24.4 Å². The van der Waals surface area contributed by atoms with Gasteiger partial charge in [-0.25, -0.2) is 4.79 Å². The molecule has 0 aromatic heterocycles. The predicted octanol–water partition coefficient (Wildman–Crippen LogP) is 3.68. The van der Waals surface area contributed by atoms with Crippen molar-refractivity contribution >= 4 is 6.09 Å². The maximum atomic E-state index is 11.9. The molecule has 0 aromatic rings. The number of aliphatic hydroxyl groups excluding tert-OH is 1. The SMILES string of the molecule is CC[C@H](CCC1=CCCC=C1OCCO)NC(=O)OC(C)(C)C. The summed E-state index contributed by atoms with van der Waals surface area (Å²) in [6.45, 7) is 7.96. The molecule has 132 valence electrons. The number of amides is 1. The number of rotatable bonds is 8. The lowest BCUT2D eigenvalue weighted by Crippen LogP contribution is -2.38. The minimum Gasteiger partial charge on any atom is -0.491 e. The van der Waals surface area contributed by atoms with Crippen molar-refractivity contribution in [1.29, 1.82) is 0 Å². The highest BCUT2D eigenvalue weighted by molar-refractivity contribution is 5.68. The number of aliphatic hydroxyl groups is 1. The summed E-state index contributed by atoms with van der Waals surface area (Å²) in [5, 5.41) is 11.8. The molecule has 1 rings (SSSR count). The van der Waals surface area contributed by atoms with Gasteiger partial charge in [-0.3, -0.25) is 0 Å². The van der Waals surface area contributed by atoms with E-state index in [1.54, 1.807) is 0 Å². The Morgan fingerprint density at radius 3 is 2.65 bits per heavy atom. The molecular weight excluding hydrogens is 294 g/mol. The molecule has 0 spiro atoms. The Labute approximate surface area is 139 Å². The smallest absolute Gasteiger partial charge is 0.407 e. The minimum atomic E-state index is -0.484. The van der Waals surface area contributed by atoms with E-state index >= 15 is 0 Å². The van der Waals surface area contributed by atoms with Crippen molar-refractivity contribution in [2.75, 3.05) is 13.2 Å². The van der Waals surface area contributed by atoms with Gasteiger partial charge in [0.05, 0.1) is 6.61 Å². The van der Waals surface area contributed by atoms with Gasteiger partial charge < -0.3 is 19.9 Å². The van der Waals surface area contributed by atoms with Crippen LogP contribution in [0.2, 0.25) is 0 Å². The van der Waals surface area contributed by atoms with Gasteiger partial charge in [0, 0.05) is 6.04 Å². The second-order valence-electron chi connectivity index (χ2n) is 6.74. The van der Waals surface area contributed by atoms with Crippen LogP contribution >= 0.6 is 0 Å². The Bertz CT molecular complexity index is 435. The van der Waals surface area contributed by atoms with E-state index in [9.17, 15) is 4.79 Å². The van der Waals surface area contributed by atoms with Crippen LogP contribution in [-0.4, -0.2) is 36.1 Å². The highest BCUT2D eigenvalue weighted by Gasteiger charge is 2.19. The third-order valence-electron chi connectivity index (χ3n) is 3.53. The molecule has 5 heteroatoms. The van der Waals surface area contributed by atoms with Crippen molar-refractivity contribution in [3.8, 4) is 0 Å². The van der Waals surface area contributed by atoms with E-state index in [1.165, 1.54) is 0 Å². The van der Waals surface area contributed by atoms with Crippen LogP contribution in [0.15, 0.2) is 23.5 Å². The molecule has 0 fully saturated rings. The van der Waals surface area contributed by atoms with E-state index in [1.807, 2.05) is 20.8 Å². The van der Waals surface area contributed by atoms with Gasteiger partial charge in [0.1, 0.15) is 18.0 Å². The van der Waals surface area contributed by atoms with Crippen LogP contribution < -0.4 is 5.32 Å². The Morgan fingerprint density at radius 2 is 2.04 bits per heavy atom. The van der Waals surface area contributed by atoms with Gasteiger partial charge in [-0.1, -0.05) is 13.0 Å². The van der Waals surface area contributed by atoms with Gasteiger partial charge >= 0.3 is 6.09 Å². The molecule has 0 aromatic carbocycles. The molecule has 1 aliphatic rings. The number of allylic oxidation sites excluding steroid dienone is 3. The molecule has 1 atom stereocenters. The van der Waals surface area contributed by atoms with E-state index < -0.39 is 5.60 Å². The van der Waals surface area contributed by atoms with Crippen molar-refractivity contribution in [3.63, 3.8) is 0 Å². The first-order valence-corrected chi connectivity index (χ1v) is 8.48. The van der Waals surface area contributed by atoms with Gasteiger partial charge in [0.25, 0.3) is 0 Å². The number of alkyl carbamates (subject to hydrolysis) is 1. The quantitative estimate of drug-likeness (QED) is 0.714. The van der Waals surface area contributed by atoms with E-state index in [4.69, 9.17) is 14.6 Å². The number of hydrogen-bond donors (Lipinski definition) is 2. The molecule has 0 heterocycles. The molecule has 0 radical (unpaired) electrons. The minimum absolute atomic E-state index is 0.0163. The number of nitrogens with one attached hydrogen (secondary N) is 1. The predicted molar refractivity (Wildman–Crippen MR) is 91.1 cm³/mol. The highest BCUT2D eigenvalue weighted by Crippen LogP contribution is 2.25. The van der Waals surface area contributed by atoms with Crippen molar-refractivity contribution in [3.05, 3.63) is 23.5 Å². The zero-order valence-corrected chi connectivity index (χ0v) is 14.9. The third kappa shape index (κ3) is 8.07. The van der Waals surface area contributed by atoms with Crippen LogP contribution in [0.25, 0.3) is 0 Å². The highest BCUT2D eigenvalue weighted by atomic mass is 16.6. The number of ether oxygens (including phenoxy) is 2. The lowest BCUT2D eigenvalue weighted by Gasteiger charge is -2.24. The Hall–Kier alpha value is -1.49. The Balaban J connectivity index is 2.48. The summed E-state index contributed by atoms with van der Waals surface area (Å²) in [5.41, 5.74) is 0.677. The standard InChI is InChI=1S/C18H31NO4/c1-5-15(19-17(21)23-18(2,3)4)11-10-14-8-6-7-9-16(14)22-13-12-20/h8-9,15,20H,5-7,10-13H2,1-4H3,(H,19,21)/t15-/m1/s1. The number of carbonyl (C=O) groups is 1. The average molecular weight is 325 g/mol. The van der Waals surface area contributed by atoms with Crippen LogP contribution in [0, 0.1) is 0 Å². The Morgan fingerprint density at radius 1 is 1.35 bits per heavy atom. The first-order chi connectivity index (χ1) is 10.9. The molecule has 2 N–H and O–H groups in total. The lowest BCUT2D eigenvalue weighted by molar-refractivity contribution is 0.0500. The monoisotopic (exact) mass is 325 g/mol. The topological polar surface area (TPSA) is 67.8 Å². The van der Waals surface area contributed by atoms with E-state index in [0.29, 0.717) is 6.61 Å². The average Bonchev–Trinajstić information content (AvgIpc) is 2.48. The van der Waals surface area contributed by atoms with Gasteiger partial charge in [-0.15, -0.1) is 0 Å². The lowest BCUT2D eigenvalue weighted by atomic mass is 9.97. The fraction of sp³-hybridized carbons (Fsp3) is 0.722. The summed E-state index contributed by atoms with van der Waals surface area (Å²) >= 11 is 0. The molecule has 0 saturated carbocycles. The molecule has 1 aliphatic carbocycles. The second-order valence-corrected chi connectivity index (χ2v) is 6.74. The summed E-state index contributed by atoms with van der Waals surface area (Å²) < 4.78 is 10.9. The molecule has 0 unspecified atom stereocenters. The van der Waals surface area contributed by atoms with E-state index in [0.717, 1.165) is 43.4 Å². The van der Waals surface area contributed by atoms with Crippen LogP contribution in [-0.2, 0) is 9.47 Å². The molecule has 0 saturated heterocycles. The number of hydrogen-bond acceptors (Lipinski definition) is 4. The van der Waals surface area contributed by atoms with Crippen molar-refractivity contribution in [2.24, 2.45) is 0 Å². The molecule has 0 bridgehead atoms. The summed E-state index contributed by atoms with van der Waals surface area (Å²) in [6.07, 6.45) is 8.40. The van der Waals surface area contributed by atoms with Gasteiger partial charge in [-0.2, -0.15) is 0 Å². The summed E-state index contributed by atoms with van der Waals surface area (Å²) in [6, 6.07) is 0.0757. The molecule has 5 nitrogen and oxygen atoms in total. The van der Waals surface area contributed by atoms with Crippen LogP contribution in [0.4, 0.5) is 4.79 Å². The second kappa shape index (κ2) is 9.60. The molecule has 1 amide bonds. The summed E-state index contributed by atoms with van der Waals surface area (Å²) in [7, 11) is 0. The molecule has 23 heavy (non-hydrogen) atoms. The van der Waals surface area contributed by atoms with E-state index in [-0.39, 0.29) is 18.7 Å². The first kappa shape index (κ1) is 19.6. The fourth-order valence-electron chi connectivity index (χ4n) is 2.42. The maximum absolute atomic E-state index is 11.9. The zero-order valence-electron chi connectivity index (χ0n) is 14.9. The summed E-state index contributed by atoms with van der Waals surface area (Å²) in [5.74, 6) is 0.873. The van der Waals surface area contributed by atoms with Crippen LogP contribution in [0.3, 0.4) is 0 Å².